The Morgan fingerprint density at radius 2 is 1.86 bits per heavy atom. The lowest BCUT2D eigenvalue weighted by Crippen LogP contribution is -2.47. The number of hydrogen-bond donors (Lipinski definition) is 6. The Bertz CT molecular complexity index is 794. The molecule has 0 radical (unpaired) electrons. The Hall–Kier alpha value is -3.51. The number of para-hydroxylation sites is 1. The van der Waals surface area contributed by atoms with Gasteiger partial charge < -0.3 is 35.8 Å². The molecular formula is C16H19N3O9. The lowest BCUT2D eigenvalue weighted by Gasteiger charge is -2.18. The number of aliphatic hydroxyl groups excluding tert-OH is 1. The van der Waals surface area contributed by atoms with Crippen molar-refractivity contribution in [3.63, 3.8) is 0 Å². The van der Waals surface area contributed by atoms with Gasteiger partial charge in [-0.3, -0.25) is 15.0 Å². The maximum atomic E-state index is 12.3. The van der Waals surface area contributed by atoms with Crippen LogP contribution in [0.15, 0.2) is 18.2 Å². The summed E-state index contributed by atoms with van der Waals surface area (Å²) in [7, 11) is 0. The van der Waals surface area contributed by atoms with E-state index < -0.39 is 71.9 Å². The van der Waals surface area contributed by atoms with Crippen LogP contribution in [0, 0.1) is 5.41 Å². The van der Waals surface area contributed by atoms with Gasteiger partial charge in [-0.2, -0.15) is 0 Å². The second-order valence-electron chi connectivity index (χ2n) is 5.45. The Morgan fingerprint density at radius 3 is 2.43 bits per heavy atom. The van der Waals surface area contributed by atoms with Gasteiger partial charge in [-0.05, 0) is 19.1 Å². The molecule has 1 aromatic carbocycles. The molecule has 2 atom stereocenters. The van der Waals surface area contributed by atoms with Crippen LogP contribution in [-0.2, 0) is 23.9 Å². The molecule has 7 N–H and O–H groups in total. The molecule has 152 valence electrons. The molecule has 0 unspecified atom stereocenters. The van der Waals surface area contributed by atoms with Crippen LogP contribution >= 0.6 is 0 Å². The lowest BCUT2D eigenvalue weighted by atomic mass is 10.1. The van der Waals surface area contributed by atoms with Gasteiger partial charge in [0.15, 0.2) is 17.5 Å². The molecule has 0 saturated heterocycles. The summed E-state index contributed by atoms with van der Waals surface area (Å²) in [6.07, 6.45) is 0. The zero-order valence-electron chi connectivity index (χ0n) is 14.7. The summed E-state index contributed by atoms with van der Waals surface area (Å²) in [5.74, 6) is -6.15. The summed E-state index contributed by atoms with van der Waals surface area (Å²) in [6.45, 7) is -0.488. The van der Waals surface area contributed by atoms with E-state index in [0.29, 0.717) is 0 Å². The minimum Gasteiger partial charge on any atom is -0.504 e. The fraction of sp³-hybridized carbons (Fsp3) is 0.312. The van der Waals surface area contributed by atoms with E-state index in [0.717, 1.165) is 19.1 Å². The Balaban J connectivity index is 2.98. The third-order valence-corrected chi connectivity index (χ3v) is 3.24. The largest absolute Gasteiger partial charge is 0.504 e. The predicted molar refractivity (Wildman–Crippen MR) is 91.5 cm³/mol. The van der Waals surface area contributed by atoms with Crippen molar-refractivity contribution in [3.05, 3.63) is 23.8 Å². The molecule has 1 amide bonds. The molecule has 12 heteroatoms. The Kier molecular flexibility index (Phi) is 8.04. The number of carbonyl (C=O) groups excluding carboxylic acids is 4. The number of nitrogens with two attached hydrogens (primary N) is 1. The molecule has 0 bridgehead atoms. The van der Waals surface area contributed by atoms with Crippen molar-refractivity contribution in [1.82, 2.24) is 5.32 Å². The summed E-state index contributed by atoms with van der Waals surface area (Å²) in [4.78, 5) is 47.3. The maximum absolute atomic E-state index is 12.3. The maximum Gasteiger partial charge on any atom is 0.359 e. The average molecular weight is 397 g/mol. The molecule has 0 saturated carbocycles. The molecule has 28 heavy (non-hydrogen) atoms. The normalized spacial score (nSPS) is 12.4. The molecule has 0 heterocycles. The first-order valence-electron chi connectivity index (χ1n) is 7.74. The molecule has 1 aromatic rings. The van der Waals surface area contributed by atoms with Crippen molar-refractivity contribution >= 4 is 29.5 Å². The summed E-state index contributed by atoms with van der Waals surface area (Å²) < 4.78 is 9.08. The van der Waals surface area contributed by atoms with Crippen LogP contribution in [0.3, 0.4) is 0 Å². The average Bonchev–Trinajstić information content (AvgIpc) is 2.65. The minimum absolute atomic E-state index is 0.411. The number of esters is 3. The summed E-state index contributed by atoms with van der Waals surface area (Å²) >= 11 is 0. The summed E-state index contributed by atoms with van der Waals surface area (Å²) in [5.41, 5.74) is 4.25. The van der Waals surface area contributed by atoms with Crippen LogP contribution in [-0.4, -0.2) is 70.1 Å². The highest BCUT2D eigenvalue weighted by atomic mass is 16.6. The fourth-order valence-corrected chi connectivity index (χ4v) is 1.71. The van der Waals surface area contributed by atoms with Crippen LogP contribution in [0.4, 0.5) is 0 Å². The van der Waals surface area contributed by atoms with E-state index in [9.17, 15) is 29.4 Å². The van der Waals surface area contributed by atoms with E-state index in [2.05, 4.69) is 10.1 Å². The molecule has 0 spiro atoms. The van der Waals surface area contributed by atoms with E-state index in [-0.39, 0.29) is 0 Å². The van der Waals surface area contributed by atoms with Gasteiger partial charge >= 0.3 is 17.9 Å². The van der Waals surface area contributed by atoms with E-state index in [1.807, 2.05) is 0 Å². The van der Waals surface area contributed by atoms with Gasteiger partial charge in [0, 0.05) is 0 Å². The molecule has 0 aromatic heterocycles. The smallest absolute Gasteiger partial charge is 0.359 e. The van der Waals surface area contributed by atoms with Gasteiger partial charge in [-0.1, -0.05) is 6.07 Å². The number of hydrogen-bond acceptors (Lipinski definition) is 11. The molecule has 12 nitrogen and oxygen atoms in total. The number of aliphatic hydroxyl groups is 1. The molecule has 0 aliphatic rings. The number of phenolic OH excluding ortho intramolecular Hbond substituents is 2. The van der Waals surface area contributed by atoms with Gasteiger partial charge in [-0.15, -0.1) is 0 Å². The van der Waals surface area contributed by atoms with E-state index in [1.165, 1.54) is 6.07 Å². The first-order chi connectivity index (χ1) is 13.1. The number of amides is 1. The van der Waals surface area contributed by atoms with Crippen molar-refractivity contribution in [1.29, 1.82) is 5.41 Å². The van der Waals surface area contributed by atoms with Crippen LogP contribution in [0.2, 0.25) is 0 Å². The van der Waals surface area contributed by atoms with Crippen LogP contribution < -0.4 is 11.1 Å². The van der Waals surface area contributed by atoms with Crippen molar-refractivity contribution in [3.8, 4) is 11.5 Å². The van der Waals surface area contributed by atoms with Crippen molar-refractivity contribution in [2.45, 2.75) is 19.0 Å². The van der Waals surface area contributed by atoms with E-state index in [1.54, 1.807) is 0 Å². The standard InChI is InChI=1S/C16H19N3O9/c1-7(17)14(24)28-16(26)10(6-27-15(25)9(18)5-20)19-13(23)8-3-2-4-11(21)12(8)22/h2-4,9-10,17,20-22H,5-6,18H2,1H3,(H,19,23)/t9-,10-/m0/s1. The van der Waals surface area contributed by atoms with Crippen molar-refractivity contribution in [2.24, 2.45) is 5.73 Å². The first-order valence-corrected chi connectivity index (χ1v) is 7.74. The molecule has 0 aliphatic heterocycles. The number of nitrogens with one attached hydrogen (secondary N) is 2. The highest BCUT2D eigenvalue weighted by Gasteiger charge is 2.29. The zero-order valence-corrected chi connectivity index (χ0v) is 14.7. The van der Waals surface area contributed by atoms with Gasteiger partial charge in [0.05, 0.1) is 12.2 Å². The SMILES string of the molecule is CC(=N)C(=O)OC(=O)[C@H](COC(=O)[C@@H](N)CO)NC(=O)c1cccc(O)c1O. The topological polar surface area (TPSA) is 209 Å². The zero-order chi connectivity index (χ0) is 21.4. The quantitative estimate of drug-likeness (QED) is 0.125. The summed E-state index contributed by atoms with van der Waals surface area (Å²) in [6, 6.07) is 0.384. The Labute approximate surface area is 158 Å². The van der Waals surface area contributed by atoms with Crippen molar-refractivity contribution in [2.75, 3.05) is 13.2 Å². The number of carbonyl (C=O) groups is 4. The minimum atomic E-state index is -1.72. The second kappa shape index (κ2) is 9.99. The number of phenols is 2. The van der Waals surface area contributed by atoms with E-state index >= 15 is 0 Å². The van der Waals surface area contributed by atoms with Crippen LogP contribution in [0.5, 0.6) is 11.5 Å². The predicted octanol–water partition coefficient (Wildman–Crippen LogP) is -1.83. The van der Waals surface area contributed by atoms with Gasteiger partial charge in [0.25, 0.3) is 5.91 Å². The molecule has 0 aliphatic carbocycles. The third-order valence-electron chi connectivity index (χ3n) is 3.24. The molecule has 1 rings (SSSR count). The number of rotatable bonds is 8. The summed E-state index contributed by atoms with van der Waals surface area (Å²) in [5, 5.41) is 37.1. The van der Waals surface area contributed by atoms with Crippen LogP contribution in [0.1, 0.15) is 17.3 Å². The first kappa shape index (κ1) is 22.5. The van der Waals surface area contributed by atoms with Crippen molar-refractivity contribution < 1.29 is 44.0 Å². The highest BCUT2D eigenvalue weighted by Crippen LogP contribution is 2.28. The Morgan fingerprint density at radius 1 is 1.21 bits per heavy atom. The van der Waals surface area contributed by atoms with E-state index in [4.69, 9.17) is 21.0 Å². The number of ether oxygens (including phenoxy) is 2. The second-order valence-corrected chi connectivity index (χ2v) is 5.45. The number of aromatic hydroxyl groups is 2. The monoisotopic (exact) mass is 397 g/mol. The van der Waals surface area contributed by atoms with Gasteiger partial charge in [0.1, 0.15) is 18.4 Å². The highest BCUT2D eigenvalue weighted by molar-refractivity contribution is 6.35. The van der Waals surface area contributed by atoms with Crippen LogP contribution in [0.25, 0.3) is 0 Å². The number of benzene rings is 1. The lowest BCUT2D eigenvalue weighted by molar-refractivity contribution is -0.159. The third kappa shape index (κ3) is 6.03. The fourth-order valence-electron chi connectivity index (χ4n) is 1.71. The molecular weight excluding hydrogens is 378 g/mol. The molecule has 0 fully saturated rings. The van der Waals surface area contributed by atoms with Gasteiger partial charge in [0.2, 0.25) is 0 Å². The van der Waals surface area contributed by atoms with Gasteiger partial charge in [-0.25, -0.2) is 9.59 Å².